The van der Waals surface area contributed by atoms with E-state index in [2.05, 4.69) is 88.8 Å². The van der Waals surface area contributed by atoms with Crippen LogP contribution in [0.1, 0.15) is 57.6 Å². The van der Waals surface area contributed by atoms with Gasteiger partial charge in [0.15, 0.2) is 6.29 Å². The standard InChI is InChI=1S/C43H42N4O4/c1-29-40(27-47(2)26-30-10-4-3-5-11-30)50-43(51-41(29)33-18-16-31(28-48)17-19-33)34-22-20-32(21-23-34)36-13-7-6-12-35(36)24-45-42(49)39-25-44-37-14-8-9-15-38(37)46-39/h3-23,25,29,40-41,43,48H,24,26-28H2,1-2H3,(H,45,49)/t29-,40+,41+,43+/m1/s1. The van der Waals surface area contributed by atoms with Crippen molar-refractivity contribution >= 4 is 16.9 Å². The summed E-state index contributed by atoms with van der Waals surface area (Å²) in [6, 6.07) is 42.3. The number of carbonyl (C=O) groups is 1. The predicted octanol–water partition coefficient (Wildman–Crippen LogP) is 7.64. The van der Waals surface area contributed by atoms with Crippen LogP contribution in [-0.2, 0) is 29.2 Å². The number of aromatic nitrogens is 2. The van der Waals surface area contributed by atoms with Gasteiger partial charge in [0.2, 0.25) is 0 Å². The molecule has 6 aromatic rings. The molecule has 1 aliphatic heterocycles. The molecule has 0 radical (unpaired) electrons. The summed E-state index contributed by atoms with van der Waals surface area (Å²) >= 11 is 0. The van der Waals surface area contributed by atoms with Gasteiger partial charge >= 0.3 is 0 Å². The molecule has 7 rings (SSSR count). The first-order valence-electron chi connectivity index (χ1n) is 17.4. The quantitative estimate of drug-likeness (QED) is 0.145. The summed E-state index contributed by atoms with van der Waals surface area (Å²) in [7, 11) is 2.13. The largest absolute Gasteiger partial charge is 0.392 e. The maximum absolute atomic E-state index is 13.0. The predicted molar refractivity (Wildman–Crippen MR) is 198 cm³/mol. The van der Waals surface area contributed by atoms with Gasteiger partial charge in [0.05, 0.1) is 36.0 Å². The van der Waals surface area contributed by atoms with Gasteiger partial charge in [0.25, 0.3) is 5.91 Å². The Labute approximate surface area is 298 Å². The average Bonchev–Trinajstić information content (AvgIpc) is 3.18. The Morgan fingerprint density at radius 2 is 1.47 bits per heavy atom. The number of rotatable bonds is 11. The van der Waals surface area contributed by atoms with Crippen LogP contribution in [-0.4, -0.2) is 45.6 Å². The Morgan fingerprint density at radius 3 is 2.24 bits per heavy atom. The van der Waals surface area contributed by atoms with E-state index in [1.807, 2.05) is 72.8 Å². The van der Waals surface area contributed by atoms with Crippen LogP contribution in [0, 0.1) is 5.92 Å². The van der Waals surface area contributed by atoms with Gasteiger partial charge in [-0.2, -0.15) is 0 Å². The summed E-state index contributed by atoms with van der Waals surface area (Å²) in [5, 5.41) is 12.6. The summed E-state index contributed by atoms with van der Waals surface area (Å²) in [5.41, 5.74) is 8.86. The highest BCUT2D eigenvalue weighted by Crippen LogP contribution is 2.42. The van der Waals surface area contributed by atoms with E-state index < -0.39 is 6.29 Å². The smallest absolute Gasteiger partial charge is 0.271 e. The van der Waals surface area contributed by atoms with E-state index >= 15 is 0 Å². The number of aliphatic hydroxyl groups is 1. The van der Waals surface area contributed by atoms with E-state index in [0.717, 1.165) is 52.0 Å². The highest BCUT2D eigenvalue weighted by molar-refractivity contribution is 5.93. The lowest BCUT2D eigenvalue weighted by atomic mass is 9.90. The number of fused-ring (bicyclic) bond motifs is 1. The lowest BCUT2D eigenvalue weighted by Gasteiger charge is -2.42. The number of nitrogens with zero attached hydrogens (tertiary/aromatic N) is 3. The Bertz CT molecular complexity index is 2070. The van der Waals surface area contributed by atoms with Crippen molar-refractivity contribution in [1.29, 1.82) is 0 Å². The van der Waals surface area contributed by atoms with E-state index in [1.54, 1.807) is 0 Å². The van der Waals surface area contributed by atoms with Crippen LogP contribution in [0.5, 0.6) is 0 Å². The molecule has 51 heavy (non-hydrogen) atoms. The molecular formula is C43H42N4O4. The second-order valence-corrected chi connectivity index (χ2v) is 13.2. The Hall–Kier alpha value is -5.25. The Kier molecular flexibility index (Phi) is 10.6. The van der Waals surface area contributed by atoms with Gasteiger partial charge < -0.3 is 19.9 Å². The second-order valence-electron chi connectivity index (χ2n) is 13.2. The lowest BCUT2D eigenvalue weighted by molar-refractivity contribution is -0.276. The molecule has 2 heterocycles. The summed E-state index contributed by atoms with van der Waals surface area (Å²) in [6.07, 6.45) is 0.670. The van der Waals surface area contributed by atoms with Gasteiger partial charge in [-0.3, -0.25) is 14.7 Å². The van der Waals surface area contributed by atoms with Crippen molar-refractivity contribution < 1.29 is 19.4 Å². The second kappa shape index (κ2) is 15.7. The number of para-hydroxylation sites is 2. The summed E-state index contributed by atoms with van der Waals surface area (Å²) in [4.78, 5) is 24.2. The maximum atomic E-state index is 13.0. The minimum absolute atomic E-state index is 0.000977. The lowest BCUT2D eigenvalue weighted by Crippen LogP contribution is -2.43. The normalized spacial score (nSPS) is 18.9. The SMILES string of the molecule is C[C@@H]1[C@H](CN(C)Cc2ccccc2)O[C@H](c2ccc(-c3ccccc3CNC(=O)c3cnc4ccccc4n3)cc2)O[C@@H]1c1ccc(CO)cc1. The third-order valence-electron chi connectivity index (χ3n) is 9.54. The van der Waals surface area contributed by atoms with Crippen LogP contribution in [0.15, 0.2) is 134 Å². The third-order valence-corrected chi connectivity index (χ3v) is 9.54. The Balaban J connectivity index is 1.08. The monoisotopic (exact) mass is 678 g/mol. The van der Waals surface area contributed by atoms with Crippen LogP contribution < -0.4 is 5.32 Å². The van der Waals surface area contributed by atoms with Crippen LogP contribution in [0.4, 0.5) is 0 Å². The molecule has 8 nitrogen and oxygen atoms in total. The fourth-order valence-electron chi connectivity index (χ4n) is 6.70. The number of likely N-dealkylation sites (N-methyl/N-ethyl adjacent to an activating group) is 1. The Morgan fingerprint density at radius 1 is 0.784 bits per heavy atom. The molecule has 1 aliphatic rings. The van der Waals surface area contributed by atoms with Crippen molar-refractivity contribution in [3.63, 3.8) is 0 Å². The van der Waals surface area contributed by atoms with E-state index in [4.69, 9.17) is 9.47 Å². The van der Waals surface area contributed by atoms with Gasteiger partial charge in [0.1, 0.15) is 5.69 Å². The maximum Gasteiger partial charge on any atom is 0.271 e. The molecule has 1 amide bonds. The minimum Gasteiger partial charge on any atom is -0.392 e. The molecule has 0 bridgehead atoms. The molecule has 1 saturated heterocycles. The van der Waals surface area contributed by atoms with E-state index in [-0.39, 0.29) is 36.3 Å². The number of hydrogen-bond acceptors (Lipinski definition) is 7. The molecule has 1 aromatic heterocycles. The van der Waals surface area contributed by atoms with Crippen molar-refractivity contribution in [2.75, 3.05) is 13.6 Å². The molecule has 1 fully saturated rings. The van der Waals surface area contributed by atoms with Crippen LogP contribution in [0.3, 0.4) is 0 Å². The van der Waals surface area contributed by atoms with Crippen molar-refractivity contribution in [2.24, 2.45) is 5.92 Å². The minimum atomic E-state index is -0.564. The van der Waals surface area contributed by atoms with E-state index in [9.17, 15) is 9.90 Å². The van der Waals surface area contributed by atoms with Crippen molar-refractivity contribution in [3.05, 3.63) is 167 Å². The molecule has 4 atom stereocenters. The summed E-state index contributed by atoms with van der Waals surface area (Å²) in [5.74, 6) is -0.190. The topological polar surface area (TPSA) is 96.8 Å². The number of benzene rings is 5. The average molecular weight is 679 g/mol. The third kappa shape index (κ3) is 8.06. The molecular weight excluding hydrogens is 636 g/mol. The number of nitrogens with one attached hydrogen (secondary N) is 1. The number of aliphatic hydroxyl groups excluding tert-OH is 1. The number of amides is 1. The molecule has 0 unspecified atom stereocenters. The van der Waals surface area contributed by atoms with Gasteiger partial charge in [-0.05, 0) is 52.6 Å². The zero-order valence-corrected chi connectivity index (χ0v) is 28.9. The summed E-state index contributed by atoms with van der Waals surface area (Å²) < 4.78 is 13.4. The zero-order chi connectivity index (χ0) is 35.2. The number of ether oxygens (including phenoxy) is 2. The number of carbonyl (C=O) groups excluding carboxylic acids is 1. The van der Waals surface area contributed by atoms with Gasteiger partial charge in [-0.25, -0.2) is 4.98 Å². The molecule has 258 valence electrons. The molecule has 0 aliphatic carbocycles. The van der Waals surface area contributed by atoms with Crippen LogP contribution in [0.2, 0.25) is 0 Å². The highest BCUT2D eigenvalue weighted by Gasteiger charge is 2.38. The summed E-state index contributed by atoms with van der Waals surface area (Å²) in [6.45, 7) is 4.09. The first kappa shape index (κ1) is 34.2. The molecule has 2 N–H and O–H groups in total. The molecule has 5 aromatic carbocycles. The highest BCUT2D eigenvalue weighted by atomic mass is 16.7. The van der Waals surface area contributed by atoms with Crippen LogP contribution >= 0.6 is 0 Å². The van der Waals surface area contributed by atoms with Crippen molar-refractivity contribution in [2.45, 2.75) is 45.1 Å². The first-order valence-corrected chi connectivity index (χ1v) is 17.4. The zero-order valence-electron chi connectivity index (χ0n) is 28.9. The van der Waals surface area contributed by atoms with Crippen molar-refractivity contribution in [1.82, 2.24) is 20.2 Å². The van der Waals surface area contributed by atoms with Gasteiger partial charge in [0, 0.05) is 31.1 Å². The van der Waals surface area contributed by atoms with Crippen molar-refractivity contribution in [3.8, 4) is 11.1 Å². The number of hydrogen-bond donors (Lipinski definition) is 2. The fourth-order valence-corrected chi connectivity index (χ4v) is 6.70. The van der Waals surface area contributed by atoms with E-state index in [0.29, 0.717) is 12.1 Å². The first-order chi connectivity index (χ1) is 24.9. The van der Waals surface area contributed by atoms with Gasteiger partial charge in [-0.15, -0.1) is 0 Å². The fraction of sp³-hybridized carbons (Fsp3) is 0.233. The van der Waals surface area contributed by atoms with Gasteiger partial charge in [-0.1, -0.05) is 122 Å². The van der Waals surface area contributed by atoms with Crippen LogP contribution in [0.25, 0.3) is 22.2 Å². The van der Waals surface area contributed by atoms with E-state index in [1.165, 1.54) is 11.8 Å². The molecule has 8 heteroatoms. The molecule has 0 spiro atoms. The molecule has 0 saturated carbocycles.